The molecule has 2 fully saturated rings. The summed E-state index contributed by atoms with van der Waals surface area (Å²) in [5.41, 5.74) is -1.93. The van der Waals surface area contributed by atoms with Gasteiger partial charge in [-0.15, -0.1) is 0 Å². The van der Waals surface area contributed by atoms with Crippen LogP contribution in [0.3, 0.4) is 0 Å². The molecule has 4 N–H and O–H groups in total. The molecule has 1 amide bonds. The summed E-state index contributed by atoms with van der Waals surface area (Å²) in [6.45, 7) is 16.9. The summed E-state index contributed by atoms with van der Waals surface area (Å²) in [4.78, 5) is 30.3. The number of cyclic esters (lactones) is 1. The Labute approximate surface area is 294 Å². The molecule has 3 heterocycles. The van der Waals surface area contributed by atoms with E-state index in [1.54, 1.807) is 49.1 Å². The fourth-order valence-corrected chi connectivity index (χ4v) is 6.74. The minimum Gasteiger partial charge on any atom is -0.457 e. The van der Waals surface area contributed by atoms with Gasteiger partial charge in [0.25, 0.3) is 0 Å². The summed E-state index contributed by atoms with van der Waals surface area (Å²) in [6.07, 6.45) is 8.88. The molecule has 0 aromatic carbocycles. The molecule has 0 aromatic rings. The largest absolute Gasteiger partial charge is 0.457 e. The number of unbranched alkanes of at least 4 members (excludes halogenated alkanes) is 1. The molecule has 0 spiro atoms. The number of hydrogen-bond acceptors (Lipinski definition) is 10. The highest BCUT2D eigenvalue weighted by atomic mass is 16.6. The van der Waals surface area contributed by atoms with Crippen molar-refractivity contribution in [1.82, 2.24) is 9.80 Å². The lowest BCUT2D eigenvalue weighted by Crippen LogP contribution is -2.45. The molecule has 0 saturated carbocycles. The summed E-state index contributed by atoms with van der Waals surface area (Å²) >= 11 is 0. The third-order valence-electron chi connectivity index (χ3n) is 10.3. The molecular formula is C38H64N2O9. The van der Waals surface area contributed by atoms with Gasteiger partial charge in [0.05, 0.1) is 36.4 Å². The first-order chi connectivity index (χ1) is 23.1. The van der Waals surface area contributed by atoms with Crippen LogP contribution in [0.15, 0.2) is 36.0 Å². The quantitative estimate of drug-likeness (QED) is 0.0995. The lowest BCUT2D eigenvalue weighted by Gasteiger charge is -2.34. The van der Waals surface area contributed by atoms with E-state index < -0.39 is 47.7 Å². The third kappa shape index (κ3) is 13.1. The van der Waals surface area contributed by atoms with Crippen molar-refractivity contribution in [2.45, 2.75) is 148 Å². The Morgan fingerprint density at radius 2 is 1.96 bits per heavy atom. The van der Waals surface area contributed by atoms with Gasteiger partial charge in [-0.25, -0.2) is 4.79 Å². The van der Waals surface area contributed by atoms with Crippen molar-refractivity contribution in [1.29, 1.82) is 0 Å². The Morgan fingerprint density at radius 3 is 2.65 bits per heavy atom. The number of rotatable bonds is 12. The lowest BCUT2D eigenvalue weighted by atomic mass is 9.88. The molecule has 0 bridgehead atoms. The summed E-state index contributed by atoms with van der Waals surface area (Å²) in [5.74, 6) is -0.942. The van der Waals surface area contributed by atoms with Crippen LogP contribution >= 0.6 is 0 Å². The second kappa shape index (κ2) is 18.8. The molecular weight excluding hydrogens is 628 g/mol. The average molecular weight is 693 g/mol. The molecule has 10 unspecified atom stereocenters. The molecule has 2 saturated heterocycles. The van der Waals surface area contributed by atoms with Crippen LogP contribution in [0, 0.1) is 11.8 Å². The zero-order valence-corrected chi connectivity index (χ0v) is 30.9. The molecule has 11 nitrogen and oxygen atoms in total. The molecule has 10 atom stereocenters. The number of carbonyl (C=O) groups is 2. The number of hydrogen-bond donors (Lipinski definition) is 4. The number of aliphatic hydroxyl groups is 4. The smallest absolute Gasteiger partial charge is 0.410 e. The van der Waals surface area contributed by atoms with Gasteiger partial charge in [0, 0.05) is 37.9 Å². The van der Waals surface area contributed by atoms with Crippen LogP contribution in [0.4, 0.5) is 4.79 Å². The summed E-state index contributed by atoms with van der Waals surface area (Å²) in [6, 6.07) is 0. The van der Waals surface area contributed by atoms with E-state index in [1.165, 1.54) is 0 Å². The van der Waals surface area contributed by atoms with Crippen molar-refractivity contribution >= 4 is 12.1 Å². The van der Waals surface area contributed by atoms with Gasteiger partial charge in [-0.1, -0.05) is 58.4 Å². The van der Waals surface area contributed by atoms with Crippen LogP contribution in [0.2, 0.25) is 0 Å². The maximum absolute atomic E-state index is 13.4. The van der Waals surface area contributed by atoms with Crippen LogP contribution in [0.25, 0.3) is 0 Å². The zero-order chi connectivity index (χ0) is 36.4. The van der Waals surface area contributed by atoms with Crippen molar-refractivity contribution in [3.05, 3.63) is 36.0 Å². The van der Waals surface area contributed by atoms with Crippen molar-refractivity contribution in [2.24, 2.45) is 11.8 Å². The Kier molecular flexibility index (Phi) is 15.8. The minimum absolute atomic E-state index is 0.0109. The highest BCUT2D eigenvalue weighted by molar-refractivity contribution is 5.70. The van der Waals surface area contributed by atoms with Gasteiger partial charge in [-0.2, -0.15) is 0 Å². The van der Waals surface area contributed by atoms with Crippen molar-refractivity contribution in [3.63, 3.8) is 0 Å². The van der Waals surface area contributed by atoms with E-state index >= 15 is 0 Å². The van der Waals surface area contributed by atoms with Gasteiger partial charge in [-0.3, -0.25) is 4.79 Å². The number of amides is 1. The van der Waals surface area contributed by atoms with Crippen LogP contribution < -0.4 is 0 Å². The van der Waals surface area contributed by atoms with E-state index in [0.29, 0.717) is 31.5 Å². The van der Waals surface area contributed by atoms with E-state index in [9.17, 15) is 30.0 Å². The molecule has 0 radical (unpaired) electrons. The van der Waals surface area contributed by atoms with Crippen LogP contribution in [0.1, 0.15) is 99.8 Å². The fourth-order valence-electron chi connectivity index (χ4n) is 6.74. The van der Waals surface area contributed by atoms with Crippen molar-refractivity contribution in [3.8, 4) is 0 Å². The first kappa shape index (κ1) is 41.1. The van der Waals surface area contributed by atoms with E-state index in [4.69, 9.17) is 14.2 Å². The van der Waals surface area contributed by atoms with E-state index in [0.717, 1.165) is 38.9 Å². The minimum atomic E-state index is -1.49. The summed E-state index contributed by atoms with van der Waals surface area (Å²) in [7, 11) is 0. The monoisotopic (exact) mass is 692 g/mol. The van der Waals surface area contributed by atoms with Gasteiger partial charge in [0.2, 0.25) is 0 Å². The number of allylic oxidation sites excluding steroid dienone is 2. The Balaban J connectivity index is 1.73. The van der Waals surface area contributed by atoms with E-state index in [-0.39, 0.29) is 43.3 Å². The van der Waals surface area contributed by atoms with Gasteiger partial charge < -0.3 is 44.4 Å². The Bertz CT molecular complexity index is 1150. The normalized spacial score (nSPS) is 34.1. The number of carbonyl (C=O) groups excluding carboxylic acids is 2. The van der Waals surface area contributed by atoms with Crippen LogP contribution in [-0.2, 0) is 19.0 Å². The lowest BCUT2D eigenvalue weighted by molar-refractivity contribution is -0.151. The SMILES string of the molecule is CCCCN1CCCN(C(=O)OC2/C=C\C(C)C(/C(C)=C/C=C/C(C)(O)CC3OC3C(C)C(O)CC)OC(=O)CC(O)CCC2(C)O)CC1. The molecule has 280 valence electrons. The number of nitrogens with zero attached hydrogens (tertiary/aromatic N) is 2. The van der Waals surface area contributed by atoms with Gasteiger partial charge in [-0.05, 0) is 77.6 Å². The van der Waals surface area contributed by atoms with Crippen LogP contribution in [0.5, 0.6) is 0 Å². The van der Waals surface area contributed by atoms with Crippen molar-refractivity contribution in [2.75, 3.05) is 32.7 Å². The molecule has 3 aliphatic rings. The molecule has 11 heteroatoms. The van der Waals surface area contributed by atoms with Gasteiger partial charge in [0.1, 0.15) is 11.7 Å². The Hall–Kier alpha value is -2.28. The maximum atomic E-state index is 13.4. The zero-order valence-electron chi connectivity index (χ0n) is 30.9. The van der Waals surface area contributed by atoms with Crippen molar-refractivity contribution < 1.29 is 44.2 Å². The van der Waals surface area contributed by atoms with Gasteiger partial charge in [0.15, 0.2) is 6.10 Å². The second-order valence-electron chi connectivity index (χ2n) is 15.1. The molecule has 0 aliphatic carbocycles. The topological polar surface area (TPSA) is 153 Å². The maximum Gasteiger partial charge on any atom is 0.410 e. The first-order valence-electron chi connectivity index (χ1n) is 18.4. The average Bonchev–Trinajstić information content (AvgIpc) is 3.84. The summed E-state index contributed by atoms with van der Waals surface area (Å²) in [5, 5.41) is 43.3. The molecule has 3 rings (SSSR count). The number of ether oxygens (including phenoxy) is 3. The van der Waals surface area contributed by atoms with E-state index in [2.05, 4.69) is 11.8 Å². The molecule has 0 aromatic heterocycles. The number of esters is 1. The molecule has 49 heavy (non-hydrogen) atoms. The number of epoxide rings is 1. The summed E-state index contributed by atoms with van der Waals surface area (Å²) < 4.78 is 17.6. The third-order valence-corrected chi connectivity index (χ3v) is 10.3. The highest BCUT2D eigenvalue weighted by Crippen LogP contribution is 2.37. The predicted molar refractivity (Wildman–Crippen MR) is 189 cm³/mol. The highest BCUT2D eigenvalue weighted by Gasteiger charge is 2.47. The predicted octanol–water partition coefficient (Wildman–Crippen LogP) is 4.52. The second-order valence-corrected chi connectivity index (χ2v) is 15.1. The standard InChI is InChI=1S/C38H64N2O9/c1-8-10-19-39-20-12-21-40(23-22-39)36(44)48-32-15-14-27(4)34(49-33(43)24-29(41)16-18-38(32,7)46)26(3)13-11-17-37(6,45)25-31-35(47-31)28(5)30(42)9-2/h11,13-15,17,27-32,34-35,41-42,45-46H,8-10,12,16,18-25H2,1-7H3/b15-14-,17-11+,26-13+. The molecule has 3 aliphatic heterocycles. The van der Waals surface area contributed by atoms with Gasteiger partial charge >= 0.3 is 12.1 Å². The fraction of sp³-hybridized carbons (Fsp3) is 0.789. The first-order valence-corrected chi connectivity index (χ1v) is 18.4. The Morgan fingerprint density at radius 1 is 1.22 bits per heavy atom. The number of aliphatic hydroxyl groups excluding tert-OH is 2. The van der Waals surface area contributed by atoms with Crippen LogP contribution in [-0.4, -0.2) is 123 Å². The van der Waals surface area contributed by atoms with E-state index in [1.807, 2.05) is 27.7 Å².